The Morgan fingerprint density at radius 1 is 1.38 bits per heavy atom. The second kappa shape index (κ2) is 12.2. The molecule has 0 bridgehead atoms. The average molecular weight is 517 g/mol. The maximum Gasteiger partial charge on any atom is 0.410 e. The maximum absolute atomic E-state index is 12.3. The summed E-state index contributed by atoms with van der Waals surface area (Å²) in [5, 5.41) is 6.77. The van der Waals surface area contributed by atoms with E-state index < -0.39 is 5.60 Å². The minimum Gasteiger partial charge on any atom is -0.444 e. The number of aromatic nitrogens is 1. The third-order valence-corrected chi connectivity index (χ3v) is 4.40. The van der Waals surface area contributed by atoms with Crippen LogP contribution in [0.3, 0.4) is 0 Å². The van der Waals surface area contributed by atoms with E-state index >= 15 is 0 Å². The molecule has 1 amide bonds. The zero-order valence-electron chi connectivity index (χ0n) is 18.3. The fourth-order valence-corrected chi connectivity index (χ4v) is 3.04. The predicted octanol–water partition coefficient (Wildman–Crippen LogP) is 3.51. The van der Waals surface area contributed by atoms with Crippen LogP contribution in [0.2, 0.25) is 0 Å². The Labute approximate surface area is 192 Å². The smallest absolute Gasteiger partial charge is 0.410 e. The van der Waals surface area contributed by atoms with Crippen molar-refractivity contribution in [1.29, 1.82) is 0 Å². The molecular weight excluding hydrogens is 481 g/mol. The van der Waals surface area contributed by atoms with Crippen molar-refractivity contribution in [3.05, 3.63) is 29.6 Å². The first kappa shape index (κ1) is 25.5. The third-order valence-electron chi connectivity index (χ3n) is 4.40. The largest absolute Gasteiger partial charge is 0.444 e. The molecule has 1 atom stereocenters. The van der Waals surface area contributed by atoms with E-state index in [0.29, 0.717) is 13.1 Å². The SMILES string of the molecule is CCNC(=NCCc1ccc(C)nc1)NC1CCCN(C(=O)OC(C)(C)C)C1.I. The highest BCUT2D eigenvalue weighted by Gasteiger charge is 2.27. The highest BCUT2D eigenvalue weighted by Crippen LogP contribution is 2.15. The number of likely N-dealkylation sites (tertiary alicyclic amines) is 1. The molecule has 0 aliphatic carbocycles. The second-order valence-electron chi connectivity index (χ2n) is 8.23. The molecular formula is C21H36IN5O2. The van der Waals surface area contributed by atoms with Crippen LogP contribution in [0.5, 0.6) is 0 Å². The number of ether oxygens (including phenoxy) is 1. The van der Waals surface area contributed by atoms with E-state index in [1.807, 2.05) is 40.0 Å². The molecule has 0 saturated carbocycles. The predicted molar refractivity (Wildman–Crippen MR) is 128 cm³/mol. The van der Waals surface area contributed by atoms with Crippen molar-refractivity contribution in [2.24, 2.45) is 4.99 Å². The summed E-state index contributed by atoms with van der Waals surface area (Å²) in [6.45, 7) is 12.6. The number of carbonyl (C=O) groups excluding carboxylic acids is 1. The monoisotopic (exact) mass is 517 g/mol. The molecule has 7 nitrogen and oxygen atoms in total. The van der Waals surface area contributed by atoms with Crippen molar-refractivity contribution in [3.63, 3.8) is 0 Å². The lowest BCUT2D eigenvalue weighted by atomic mass is 10.1. The first-order valence-corrected chi connectivity index (χ1v) is 10.2. The number of nitrogens with zero attached hydrogens (tertiary/aromatic N) is 3. The van der Waals surface area contributed by atoms with Gasteiger partial charge in [0, 0.05) is 44.1 Å². The van der Waals surface area contributed by atoms with Crippen molar-refractivity contribution in [2.75, 3.05) is 26.2 Å². The fraction of sp³-hybridized carbons (Fsp3) is 0.667. The van der Waals surface area contributed by atoms with Crippen LogP contribution in [0.1, 0.15) is 51.8 Å². The van der Waals surface area contributed by atoms with Gasteiger partial charge in [0.05, 0.1) is 0 Å². The van der Waals surface area contributed by atoms with Gasteiger partial charge in [-0.25, -0.2) is 4.79 Å². The second-order valence-corrected chi connectivity index (χ2v) is 8.23. The molecule has 1 aliphatic rings. The lowest BCUT2D eigenvalue weighted by Gasteiger charge is -2.35. The number of piperidine rings is 1. The molecule has 1 saturated heterocycles. The zero-order valence-corrected chi connectivity index (χ0v) is 20.7. The van der Waals surface area contributed by atoms with E-state index in [9.17, 15) is 4.79 Å². The van der Waals surface area contributed by atoms with E-state index in [2.05, 4.69) is 33.6 Å². The van der Waals surface area contributed by atoms with E-state index in [1.165, 1.54) is 5.56 Å². The van der Waals surface area contributed by atoms with Crippen molar-refractivity contribution in [3.8, 4) is 0 Å². The summed E-state index contributed by atoms with van der Waals surface area (Å²) >= 11 is 0. The number of nitrogens with one attached hydrogen (secondary N) is 2. The molecule has 1 fully saturated rings. The van der Waals surface area contributed by atoms with Gasteiger partial charge >= 0.3 is 6.09 Å². The van der Waals surface area contributed by atoms with Crippen LogP contribution >= 0.6 is 24.0 Å². The zero-order chi connectivity index (χ0) is 20.6. The number of carbonyl (C=O) groups is 1. The minimum absolute atomic E-state index is 0. The standard InChI is InChI=1S/C21H35N5O2.HI/c1-6-22-19(23-12-11-17-10-9-16(2)24-14-17)25-18-8-7-13-26(15-18)20(27)28-21(3,4)5;/h9-10,14,18H,6-8,11-13,15H2,1-5H3,(H2,22,23,25);1H. The van der Waals surface area contributed by atoms with Crippen LogP contribution in [-0.2, 0) is 11.2 Å². The van der Waals surface area contributed by atoms with Gasteiger partial charge < -0.3 is 20.3 Å². The highest BCUT2D eigenvalue weighted by atomic mass is 127. The van der Waals surface area contributed by atoms with Crippen molar-refractivity contribution < 1.29 is 9.53 Å². The lowest BCUT2D eigenvalue weighted by molar-refractivity contribution is 0.0193. The van der Waals surface area contributed by atoms with Gasteiger partial charge in [0.15, 0.2) is 5.96 Å². The van der Waals surface area contributed by atoms with Crippen LogP contribution in [0.25, 0.3) is 0 Å². The quantitative estimate of drug-likeness (QED) is 0.355. The van der Waals surface area contributed by atoms with Crippen LogP contribution in [0.15, 0.2) is 23.3 Å². The molecule has 8 heteroatoms. The third kappa shape index (κ3) is 9.64. The molecule has 0 radical (unpaired) electrons. The van der Waals surface area contributed by atoms with E-state index in [-0.39, 0.29) is 36.1 Å². The number of guanidine groups is 1. The summed E-state index contributed by atoms with van der Waals surface area (Å²) < 4.78 is 5.51. The summed E-state index contributed by atoms with van der Waals surface area (Å²) in [5.41, 5.74) is 1.73. The van der Waals surface area contributed by atoms with Crippen molar-refractivity contribution >= 4 is 36.0 Å². The Balaban J connectivity index is 0.00000420. The Bertz CT molecular complexity index is 658. The van der Waals surface area contributed by atoms with Crippen molar-refractivity contribution in [1.82, 2.24) is 20.5 Å². The Kier molecular flexibility index (Phi) is 10.7. The minimum atomic E-state index is -0.474. The Hall–Kier alpha value is -1.58. The van der Waals surface area contributed by atoms with E-state index in [1.54, 1.807) is 4.90 Å². The van der Waals surface area contributed by atoms with Crippen LogP contribution < -0.4 is 10.6 Å². The number of aryl methyl sites for hydroxylation is 1. The number of aliphatic imine (C=N–C) groups is 1. The molecule has 164 valence electrons. The molecule has 0 spiro atoms. The van der Waals surface area contributed by atoms with E-state index in [0.717, 1.165) is 44.0 Å². The Morgan fingerprint density at radius 2 is 2.14 bits per heavy atom. The lowest BCUT2D eigenvalue weighted by Crippen LogP contribution is -2.53. The number of halogens is 1. The molecule has 2 heterocycles. The normalized spacial score (nSPS) is 17.3. The van der Waals surface area contributed by atoms with Gasteiger partial charge in [-0.1, -0.05) is 6.07 Å². The molecule has 1 aliphatic heterocycles. The molecule has 29 heavy (non-hydrogen) atoms. The molecule has 1 unspecified atom stereocenters. The van der Waals surface area contributed by atoms with Gasteiger partial charge in [0.25, 0.3) is 0 Å². The molecule has 0 aromatic carbocycles. The van der Waals surface area contributed by atoms with Gasteiger partial charge in [-0.05, 0) is 65.5 Å². The summed E-state index contributed by atoms with van der Waals surface area (Å²) in [7, 11) is 0. The van der Waals surface area contributed by atoms with Gasteiger partial charge in [-0.3, -0.25) is 9.98 Å². The Morgan fingerprint density at radius 3 is 2.76 bits per heavy atom. The van der Waals surface area contributed by atoms with Crippen molar-refractivity contribution in [2.45, 2.75) is 65.5 Å². The average Bonchev–Trinajstić information content (AvgIpc) is 2.62. The summed E-state index contributed by atoms with van der Waals surface area (Å²) in [6.07, 6.45) is 4.47. The molecule has 2 N–H and O–H groups in total. The number of amides is 1. The number of hydrogen-bond acceptors (Lipinski definition) is 4. The van der Waals surface area contributed by atoms with Gasteiger partial charge in [-0.15, -0.1) is 24.0 Å². The maximum atomic E-state index is 12.3. The topological polar surface area (TPSA) is 78.9 Å². The van der Waals surface area contributed by atoms with Gasteiger partial charge in [-0.2, -0.15) is 0 Å². The highest BCUT2D eigenvalue weighted by molar-refractivity contribution is 14.0. The first-order chi connectivity index (χ1) is 13.3. The summed E-state index contributed by atoms with van der Waals surface area (Å²) in [5.74, 6) is 0.790. The molecule has 2 rings (SSSR count). The summed E-state index contributed by atoms with van der Waals surface area (Å²) in [6, 6.07) is 4.29. The van der Waals surface area contributed by atoms with Crippen LogP contribution in [0, 0.1) is 6.92 Å². The first-order valence-electron chi connectivity index (χ1n) is 10.2. The van der Waals surface area contributed by atoms with Gasteiger partial charge in [0.2, 0.25) is 0 Å². The number of hydrogen-bond donors (Lipinski definition) is 2. The molecule has 1 aromatic heterocycles. The van der Waals surface area contributed by atoms with Crippen LogP contribution in [-0.4, -0.2) is 59.8 Å². The van der Waals surface area contributed by atoms with E-state index in [4.69, 9.17) is 4.74 Å². The summed E-state index contributed by atoms with van der Waals surface area (Å²) in [4.78, 5) is 23.1. The number of pyridine rings is 1. The molecule has 1 aromatic rings. The fourth-order valence-electron chi connectivity index (χ4n) is 3.04. The van der Waals surface area contributed by atoms with Crippen LogP contribution in [0.4, 0.5) is 4.79 Å². The number of rotatable bonds is 5. The van der Waals surface area contributed by atoms with Gasteiger partial charge in [0.1, 0.15) is 5.60 Å².